The summed E-state index contributed by atoms with van der Waals surface area (Å²) < 4.78 is 38.9. The van der Waals surface area contributed by atoms with E-state index in [0.29, 0.717) is 32.3 Å². The molecule has 144 valence electrons. The molecule has 0 aliphatic heterocycles. The van der Waals surface area contributed by atoms with Gasteiger partial charge < -0.3 is 20.5 Å². The summed E-state index contributed by atoms with van der Waals surface area (Å²) in [6, 6.07) is 2.43. The molecule has 0 spiro atoms. The van der Waals surface area contributed by atoms with Gasteiger partial charge in [0.25, 0.3) is 5.91 Å². The second-order valence-corrected chi connectivity index (χ2v) is 6.13. The molecular weight excluding hydrogens is 346 g/mol. The van der Waals surface area contributed by atoms with Crippen LogP contribution in [0, 0.1) is 17.6 Å². The zero-order chi connectivity index (χ0) is 19.1. The van der Waals surface area contributed by atoms with Gasteiger partial charge in [-0.3, -0.25) is 9.59 Å². The Labute approximate surface area is 151 Å². The van der Waals surface area contributed by atoms with Crippen LogP contribution in [-0.4, -0.2) is 37.7 Å². The molecule has 0 saturated heterocycles. The maximum Gasteiger partial charge on any atom is 0.308 e. The van der Waals surface area contributed by atoms with Crippen LogP contribution in [-0.2, 0) is 9.53 Å². The Morgan fingerprint density at radius 1 is 1.19 bits per heavy atom. The lowest BCUT2D eigenvalue weighted by Gasteiger charge is -2.28. The van der Waals surface area contributed by atoms with Gasteiger partial charge in [0.15, 0.2) is 11.6 Å². The van der Waals surface area contributed by atoms with Crippen LogP contribution < -0.4 is 15.8 Å². The third kappa shape index (κ3) is 4.91. The number of esters is 1. The number of benzene rings is 1. The van der Waals surface area contributed by atoms with E-state index in [0.717, 1.165) is 0 Å². The van der Waals surface area contributed by atoms with Crippen molar-refractivity contribution in [3.8, 4) is 5.75 Å². The Balaban J connectivity index is 1.97. The van der Waals surface area contributed by atoms with Crippen LogP contribution in [0.2, 0.25) is 0 Å². The summed E-state index contributed by atoms with van der Waals surface area (Å²) in [6.07, 6.45) is 1.93. The molecule has 0 radical (unpaired) electrons. The van der Waals surface area contributed by atoms with Crippen LogP contribution in [0.5, 0.6) is 5.75 Å². The van der Waals surface area contributed by atoms with Gasteiger partial charge in [-0.05, 0) is 44.7 Å². The minimum Gasteiger partial charge on any atom is -0.487 e. The van der Waals surface area contributed by atoms with Crippen LogP contribution in [0.25, 0.3) is 0 Å². The predicted molar refractivity (Wildman–Crippen MR) is 90.8 cm³/mol. The highest BCUT2D eigenvalue weighted by Gasteiger charge is 2.29. The highest BCUT2D eigenvalue weighted by molar-refractivity contribution is 5.94. The molecule has 1 aromatic carbocycles. The number of hydrogen-bond donors (Lipinski definition) is 2. The molecule has 1 fully saturated rings. The summed E-state index contributed by atoms with van der Waals surface area (Å²) in [4.78, 5) is 23.5. The van der Waals surface area contributed by atoms with E-state index >= 15 is 0 Å². The average Bonchev–Trinajstić information content (AvgIpc) is 2.64. The molecule has 0 heterocycles. The molecule has 3 N–H and O–H groups in total. The number of carbonyl (C=O) groups excluding carboxylic acids is 2. The number of halogens is 2. The summed E-state index contributed by atoms with van der Waals surface area (Å²) in [7, 11) is 0. The van der Waals surface area contributed by atoms with E-state index < -0.39 is 23.1 Å². The molecule has 0 bridgehead atoms. The maximum absolute atomic E-state index is 14.2. The second-order valence-electron chi connectivity index (χ2n) is 6.13. The molecule has 0 unspecified atom stereocenters. The van der Waals surface area contributed by atoms with Crippen molar-refractivity contribution in [2.24, 2.45) is 11.7 Å². The van der Waals surface area contributed by atoms with Gasteiger partial charge in [-0.1, -0.05) is 0 Å². The highest BCUT2D eigenvalue weighted by Crippen LogP contribution is 2.30. The monoisotopic (exact) mass is 370 g/mol. The number of carbonyl (C=O) groups is 2. The van der Waals surface area contributed by atoms with E-state index in [4.69, 9.17) is 15.2 Å². The van der Waals surface area contributed by atoms with Gasteiger partial charge in [0.1, 0.15) is 0 Å². The van der Waals surface area contributed by atoms with Crippen LogP contribution in [0.3, 0.4) is 0 Å². The smallest absolute Gasteiger partial charge is 0.308 e. The third-order valence-electron chi connectivity index (χ3n) is 4.31. The fourth-order valence-corrected chi connectivity index (χ4v) is 2.94. The van der Waals surface area contributed by atoms with Crippen molar-refractivity contribution < 1.29 is 27.8 Å². The molecule has 1 aliphatic rings. The number of rotatable bonds is 7. The van der Waals surface area contributed by atoms with E-state index in [1.54, 1.807) is 6.92 Å². The molecule has 1 aliphatic carbocycles. The van der Waals surface area contributed by atoms with Crippen molar-refractivity contribution in [2.45, 2.75) is 38.7 Å². The van der Waals surface area contributed by atoms with Gasteiger partial charge >= 0.3 is 5.97 Å². The van der Waals surface area contributed by atoms with Crippen molar-refractivity contribution in [2.75, 3.05) is 19.7 Å². The standard InChI is InChI=1S/C18H24F2N2O4/c1-2-25-18(24)11-3-5-12(6-4-11)26-14-8-7-13(15(19)16(14)20)17(23)22-10-9-21/h7-8,11-12H,2-6,9-10,21H2,1H3,(H,22,23)/t11-,12+. The van der Waals surface area contributed by atoms with Crippen molar-refractivity contribution in [3.05, 3.63) is 29.3 Å². The van der Waals surface area contributed by atoms with Crippen LogP contribution in [0.1, 0.15) is 43.0 Å². The Bertz CT molecular complexity index is 646. The van der Waals surface area contributed by atoms with Gasteiger partial charge in [-0.2, -0.15) is 4.39 Å². The summed E-state index contributed by atoms with van der Waals surface area (Å²) in [5.74, 6) is -3.82. The second kappa shape index (κ2) is 9.47. The van der Waals surface area contributed by atoms with E-state index in [-0.39, 0.29) is 36.8 Å². The van der Waals surface area contributed by atoms with E-state index in [1.165, 1.54) is 12.1 Å². The Kier molecular flexibility index (Phi) is 7.32. The Hall–Kier alpha value is -2.22. The van der Waals surface area contributed by atoms with Crippen molar-refractivity contribution in [1.29, 1.82) is 0 Å². The fraction of sp³-hybridized carbons (Fsp3) is 0.556. The number of nitrogens with one attached hydrogen (secondary N) is 1. The molecular formula is C18H24F2N2O4. The lowest BCUT2D eigenvalue weighted by molar-refractivity contribution is -0.149. The molecule has 1 aromatic rings. The average molecular weight is 370 g/mol. The van der Waals surface area contributed by atoms with Gasteiger partial charge in [0.2, 0.25) is 5.82 Å². The highest BCUT2D eigenvalue weighted by atomic mass is 19.2. The molecule has 8 heteroatoms. The molecule has 0 aromatic heterocycles. The van der Waals surface area contributed by atoms with Crippen LogP contribution in [0.4, 0.5) is 8.78 Å². The molecule has 6 nitrogen and oxygen atoms in total. The van der Waals surface area contributed by atoms with Gasteiger partial charge in [-0.15, -0.1) is 0 Å². The van der Waals surface area contributed by atoms with Crippen LogP contribution in [0.15, 0.2) is 12.1 Å². The van der Waals surface area contributed by atoms with E-state index in [1.807, 2.05) is 0 Å². The fourth-order valence-electron chi connectivity index (χ4n) is 2.94. The molecule has 1 amide bonds. The minimum atomic E-state index is -1.25. The van der Waals surface area contributed by atoms with Crippen LogP contribution >= 0.6 is 0 Å². The summed E-state index contributed by atoms with van der Waals surface area (Å²) in [6.45, 7) is 2.46. The van der Waals surface area contributed by atoms with Crippen molar-refractivity contribution >= 4 is 11.9 Å². The SMILES string of the molecule is CCOC(=O)[C@H]1CC[C@@H](Oc2ccc(C(=O)NCCN)c(F)c2F)CC1. The topological polar surface area (TPSA) is 90.6 Å². The molecule has 1 saturated carbocycles. The molecule has 0 atom stereocenters. The lowest BCUT2D eigenvalue weighted by Crippen LogP contribution is -2.30. The lowest BCUT2D eigenvalue weighted by atomic mass is 9.87. The quantitative estimate of drug-likeness (QED) is 0.718. The zero-order valence-corrected chi connectivity index (χ0v) is 14.7. The normalized spacial score (nSPS) is 19.7. The van der Waals surface area contributed by atoms with E-state index in [2.05, 4.69) is 5.32 Å². The Morgan fingerprint density at radius 2 is 1.88 bits per heavy atom. The molecule has 2 rings (SSSR count). The summed E-state index contributed by atoms with van der Waals surface area (Å²) in [5.41, 5.74) is 4.87. The summed E-state index contributed by atoms with van der Waals surface area (Å²) in [5, 5.41) is 2.39. The Morgan fingerprint density at radius 3 is 2.50 bits per heavy atom. The largest absolute Gasteiger partial charge is 0.487 e. The third-order valence-corrected chi connectivity index (χ3v) is 4.31. The first-order valence-corrected chi connectivity index (χ1v) is 8.77. The van der Waals surface area contributed by atoms with Gasteiger partial charge in [-0.25, -0.2) is 4.39 Å². The van der Waals surface area contributed by atoms with Gasteiger partial charge in [0, 0.05) is 13.1 Å². The minimum absolute atomic E-state index is 0.169. The summed E-state index contributed by atoms with van der Waals surface area (Å²) >= 11 is 0. The number of ether oxygens (including phenoxy) is 2. The first-order chi connectivity index (χ1) is 12.5. The number of hydrogen-bond acceptors (Lipinski definition) is 5. The first-order valence-electron chi connectivity index (χ1n) is 8.77. The first kappa shape index (κ1) is 20.1. The van der Waals surface area contributed by atoms with E-state index in [9.17, 15) is 18.4 Å². The van der Waals surface area contributed by atoms with Gasteiger partial charge in [0.05, 0.1) is 24.2 Å². The maximum atomic E-state index is 14.2. The predicted octanol–water partition coefficient (Wildman–Crippen LogP) is 2.15. The zero-order valence-electron chi connectivity index (χ0n) is 14.7. The molecule has 26 heavy (non-hydrogen) atoms. The number of nitrogens with two attached hydrogens (primary N) is 1. The number of amides is 1. The van der Waals surface area contributed by atoms with Crippen molar-refractivity contribution in [1.82, 2.24) is 5.32 Å². The van der Waals surface area contributed by atoms with Crippen molar-refractivity contribution in [3.63, 3.8) is 0 Å².